The third-order valence-corrected chi connectivity index (χ3v) is 6.36. The first-order chi connectivity index (χ1) is 17.5. The van der Waals surface area contributed by atoms with Crippen molar-refractivity contribution in [1.29, 1.82) is 0 Å². The van der Waals surface area contributed by atoms with Crippen LogP contribution in [0.5, 0.6) is 0 Å². The van der Waals surface area contributed by atoms with E-state index in [9.17, 15) is 9.90 Å². The SMILES string of the molecule is O=C(O)c1ccc(Cn2cc(-c3ccc(Cl)cc3Cl)nc2C=Cc2ccc(-c3ccc[nH]3)cc2)cc1. The predicted molar refractivity (Wildman–Crippen MR) is 145 cm³/mol. The van der Waals surface area contributed by atoms with E-state index in [2.05, 4.69) is 29.2 Å². The molecule has 0 aliphatic carbocycles. The highest BCUT2D eigenvalue weighted by Gasteiger charge is 2.12. The van der Waals surface area contributed by atoms with Crippen molar-refractivity contribution in [2.45, 2.75) is 6.54 Å². The van der Waals surface area contributed by atoms with Crippen LogP contribution < -0.4 is 0 Å². The highest BCUT2D eigenvalue weighted by atomic mass is 35.5. The molecule has 0 radical (unpaired) electrons. The predicted octanol–water partition coefficient (Wildman–Crippen LogP) is 7.77. The van der Waals surface area contributed by atoms with Gasteiger partial charge in [0.2, 0.25) is 0 Å². The van der Waals surface area contributed by atoms with Crippen molar-refractivity contribution in [2.75, 3.05) is 0 Å². The van der Waals surface area contributed by atoms with Gasteiger partial charge in [-0.25, -0.2) is 9.78 Å². The first-order valence-corrected chi connectivity index (χ1v) is 12.0. The first kappa shape index (κ1) is 23.7. The number of carbonyl (C=O) groups is 1. The van der Waals surface area contributed by atoms with Gasteiger partial charge < -0.3 is 14.7 Å². The second-order valence-corrected chi connectivity index (χ2v) is 9.12. The number of carboxylic acid groups (broad SMARTS) is 1. The summed E-state index contributed by atoms with van der Waals surface area (Å²) in [6.45, 7) is 0.517. The third-order valence-electron chi connectivity index (χ3n) is 5.81. The van der Waals surface area contributed by atoms with Gasteiger partial charge >= 0.3 is 5.97 Å². The van der Waals surface area contributed by atoms with Crippen molar-refractivity contribution in [3.05, 3.63) is 124 Å². The first-order valence-electron chi connectivity index (χ1n) is 11.2. The van der Waals surface area contributed by atoms with Crippen molar-refractivity contribution >= 4 is 41.3 Å². The quantitative estimate of drug-likeness (QED) is 0.233. The maximum atomic E-state index is 11.2. The number of hydrogen-bond acceptors (Lipinski definition) is 2. The van der Waals surface area contributed by atoms with E-state index in [0.29, 0.717) is 16.6 Å². The summed E-state index contributed by atoms with van der Waals surface area (Å²) in [7, 11) is 0. The standard InChI is InChI=1S/C29H21Cl2N3O2/c30-23-12-13-24(25(31)16-23)27-18-34(17-20-5-10-22(11-6-20)29(35)36)28(33-27)14-7-19-3-8-21(9-4-19)26-2-1-15-32-26/h1-16,18,32H,17H2,(H,35,36). The number of aromatic amines is 1. The molecule has 0 spiro atoms. The number of halogens is 2. The molecule has 5 nitrogen and oxygen atoms in total. The minimum Gasteiger partial charge on any atom is -0.478 e. The van der Waals surface area contributed by atoms with Crippen LogP contribution in [-0.2, 0) is 6.54 Å². The van der Waals surface area contributed by atoms with Crippen LogP contribution >= 0.6 is 23.2 Å². The van der Waals surface area contributed by atoms with Crippen LogP contribution in [0.15, 0.2) is 91.3 Å². The third kappa shape index (κ3) is 5.28. The number of aromatic carboxylic acids is 1. The van der Waals surface area contributed by atoms with Crippen LogP contribution in [0, 0.1) is 0 Å². The average molecular weight is 514 g/mol. The van der Waals surface area contributed by atoms with Gasteiger partial charge in [-0.3, -0.25) is 0 Å². The summed E-state index contributed by atoms with van der Waals surface area (Å²) in [5.41, 5.74) is 5.93. The lowest BCUT2D eigenvalue weighted by Gasteiger charge is -2.06. The molecule has 0 fully saturated rings. The van der Waals surface area contributed by atoms with Crippen molar-refractivity contribution < 1.29 is 9.90 Å². The Morgan fingerprint density at radius 1 is 0.972 bits per heavy atom. The van der Waals surface area contributed by atoms with Crippen LogP contribution in [0.3, 0.4) is 0 Å². The molecule has 5 rings (SSSR count). The summed E-state index contributed by atoms with van der Waals surface area (Å²) in [4.78, 5) is 19.3. The molecule has 2 aromatic heterocycles. The number of carboxylic acids is 1. The van der Waals surface area contributed by atoms with E-state index in [-0.39, 0.29) is 5.56 Å². The number of hydrogen-bond donors (Lipinski definition) is 2. The summed E-state index contributed by atoms with van der Waals surface area (Å²) in [5.74, 6) is -0.207. The van der Waals surface area contributed by atoms with Gasteiger partial charge in [-0.2, -0.15) is 0 Å². The number of rotatable bonds is 7. The van der Waals surface area contributed by atoms with Gasteiger partial charge in [0.1, 0.15) is 5.82 Å². The topological polar surface area (TPSA) is 70.9 Å². The van der Waals surface area contributed by atoms with E-state index >= 15 is 0 Å². The molecule has 2 N–H and O–H groups in total. The highest BCUT2D eigenvalue weighted by Crippen LogP contribution is 2.30. The van der Waals surface area contributed by atoms with Crippen LogP contribution in [0.2, 0.25) is 10.0 Å². The van der Waals surface area contributed by atoms with Gasteiger partial charge in [0.05, 0.1) is 16.3 Å². The molecule has 0 saturated heterocycles. The fraction of sp³-hybridized carbons (Fsp3) is 0.0345. The number of imidazole rings is 1. The number of nitrogens with one attached hydrogen (secondary N) is 1. The monoisotopic (exact) mass is 513 g/mol. The summed E-state index contributed by atoms with van der Waals surface area (Å²) >= 11 is 12.5. The molecular weight excluding hydrogens is 493 g/mol. The number of H-pyrrole nitrogens is 1. The van der Waals surface area contributed by atoms with Crippen LogP contribution in [0.25, 0.3) is 34.7 Å². The van der Waals surface area contributed by atoms with Crippen LogP contribution in [0.4, 0.5) is 0 Å². The normalized spacial score (nSPS) is 11.3. The lowest BCUT2D eigenvalue weighted by Crippen LogP contribution is -2.02. The Kier molecular flexibility index (Phi) is 6.76. The number of aromatic nitrogens is 3. The fourth-order valence-electron chi connectivity index (χ4n) is 3.92. The van der Waals surface area contributed by atoms with Crippen molar-refractivity contribution in [3.8, 4) is 22.5 Å². The minimum absolute atomic E-state index is 0.251. The molecule has 0 aliphatic heterocycles. The zero-order valence-corrected chi connectivity index (χ0v) is 20.5. The zero-order chi connectivity index (χ0) is 25.1. The van der Waals surface area contributed by atoms with Crippen LogP contribution in [-0.4, -0.2) is 25.6 Å². The Morgan fingerprint density at radius 3 is 2.42 bits per heavy atom. The summed E-state index contributed by atoms with van der Waals surface area (Å²) < 4.78 is 2.01. The molecule has 0 amide bonds. The average Bonchev–Trinajstić information content (AvgIpc) is 3.54. The highest BCUT2D eigenvalue weighted by molar-refractivity contribution is 6.36. The summed E-state index contributed by atoms with van der Waals surface area (Å²) in [5, 5.41) is 10.3. The molecule has 0 aliphatic rings. The number of benzene rings is 3. The van der Waals surface area contributed by atoms with Gasteiger partial charge in [0, 0.05) is 35.2 Å². The summed E-state index contributed by atoms with van der Waals surface area (Å²) in [6.07, 6.45) is 7.82. The lowest BCUT2D eigenvalue weighted by molar-refractivity contribution is 0.0697. The van der Waals surface area contributed by atoms with E-state index in [0.717, 1.165) is 39.5 Å². The smallest absolute Gasteiger partial charge is 0.335 e. The molecule has 7 heteroatoms. The maximum Gasteiger partial charge on any atom is 0.335 e. The van der Waals surface area contributed by atoms with Gasteiger partial charge in [0.15, 0.2) is 0 Å². The van der Waals surface area contributed by atoms with E-state index in [4.69, 9.17) is 28.2 Å². The van der Waals surface area contributed by atoms with E-state index in [1.807, 2.05) is 59.4 Å². The second kappa shape index (κ2) is 10.3. The van der Waals surface area contributed by atoms with Crippen molar-refractivity contribution in [2.24, 2.45) is 0 Å². The molecule has 3 aromatic carbocycles. The summed E-state index contributed by atoms with van der Waals surface area (Å²) in [6, 6.07) is 24.4. The Morgan fingerprint density at radius 2 is 1.75 bits per heavy atom. The van der Waals surface area contributed by atoms with Gasteiger partial charge in [0.25, 0.3) is 0 Å². The molecule has 0 unspecified atom stereocenters. The molecule has 178 valence electrons. The molecule has 0 saturated carbocycles. The molecule has 2 heterocycles. The molecule has 0 atom stereocenters. The van der Waals surface area contributed by atoms with Crippen LogP contribution in [0.1, 0.15) is 27.3 Å². The Bertz CT molecular complexity index is 1530. The Labute approximate surface area is 218 Å². The molecule has 0 bridgehead atoms. The molecule has 5 aromatic rings. The van der Waals surface area contributed by atoms with Gasteiger partial charge in [-0.1, -0.05) is 65.7 Å². The molecular formula is C29H21Cl2N3O2. The Hall–Kier alpha value is -4.06. The van der Waals surface area contributed by atoms with Crippen molar-refractivity contribution in [3.63, 3.8) is 0 Å². The van der Waals surface area contributed by atoms with Gasteiger partial charge in [-0.15, -0.1) is 0 Å². The van der Waals surface area contributed by atoms with E-state index in [1.54, 1.807) is 24.3 Å². The van der Waals surface area contributed by atoms with Crippen molar-refractivity contribution in [1.82, 2.24) is 14.5 Å². The fourth-order valence-corrected chi connectivity index (χ4v) is 4.43. The largest absolute Gasteiger partial charge is 0.478 e. The zero-order valence-electron chi connectivity index (χ0n) is 19.0. The van der Waals surface area contributed by atoms with E-state index in [1.165, 1.54) is 0 Å². The molecule has 36 heavy (non-hydrogen) atoms. The number of nitrogens with zero attached hydrogens (tertiary/aromatic N) is 2. The Balaban J connectivity index is 1.47. The minimum atomic E-state index is -0.949. The van der Waals surface area contributed by atoms with E-state index < -0.39 is 5.97 Å². The lowest BCUT2D eigenvalue weighted by atomic mass is 10.1. The van der Waals surface area contributed by atoms with Gasteiger partial charge in [-0.05, 0) is 65.2 Å². The second-order valence-electron chi connectivity index (χ2n) is 8.28. The maximum absolute atomic E-state index is 11.2.